The van der Waals surface area contributed by atoms with Crippen LogP contribution in [0.15, 0.2) is 28.7 Å². The van der Waals surface area contributed by atoms with Crippen LogP contribution >= 0.6 is 15.9 Å². The number of likely N-dealkylation sites (tertiary alicyclic amines) is 1. The fourth-order valence-electron chi connectivity index (χ4n) is 2.42. The fourth-order valence-corrected chi connectivity index (χ4v) is 2.82. The van der Waals surface area contributed by atoms with Crippen LogP contribution in [0.3, 0.4) is 0 Å². The Hall–Kier alpha value is -1.07. The lowest BCUT2D eigenvalue weighted by molar-refractivity contribution is -0.136. The van der Waals surface area contributed by atoms with Gasteiger partial charge in [0.2, 0.25) is 0 Å². The molecule has 1 amide bonds. The largest absolute Gasteiger partial charge is 0.483 e. The first kappa shape index (κ1) is 15.3. The monoisotopic (exact) mass is 341 g/mol. The van der Waals surface area contributed by atoms with Crippen molar-refractivity contribution >= 4 is 21.8 Å². The number of aliphatic hydroxyl groups is 1. The molecule has 1 heterocycles. The molecule has 1 saturated heterocycles. The molecule has 20 heavy (non-hydrogen) atoms. The van der Waals surface area contributed by atoms with Gasteiger partial charge in [-0.25, -0.2) is 0 Å². The maximum absolute atomic E-state index is 12.2. The lowest BCUT2D eigenvalue weighted by Crippen LogP contribution is -2.44. The highest BCUT2D eigenvalue weighted by Gasteiger charge is 2.26. The average Bonchev–Trinajstić information content (AvgIpc) is 2.46. The summed E-state index contributed by atoms with van der Waals surface area (Å²) >= 11 is 3.39. The molecule has 0 radical (unpaired) electrons. The van der Waals surface area contributed by atoms with Crippen molar-refractivity contribution in [2.45, 2.75) is 25.9 Å². The maximum Gasteiger partial charge on any atom is 0.260 e. The van der Waals surface area contributed by atoms with Crippen LogP contribution < -0.4 is 4.74 Å². The summed E-state index contributed by atoms with van der Waals surface area (Å²) in [7, 11) is 0. The minimum absolute atomic E-state index is 0.0221. The van der Waals surface area contributed by atoms with Crippen LogP contribution in [0, 0.1) is 5.92 Å². The lowest BCUT2D eigenvalue weighted by Gasteiger charge is -2.34. The van der Waals surface area contributed by atoms with Crippen LogP contribution in [-0.2, 0) is 4.79 Å². The Kier molecular flexibility index (Phi) is 5.43. The minimum atomic E-state index is -0.366. The van der Waals surface area contributed by atoms with Gasteiger partial charge in [0.15, 0.2) is 6.61 Å². The summed E-state index contributed by atoms with van der Waals surface area (Å²) in [5.74, 6) is 0.826. The van der Waals surface area contributed by atoms with Gasteiger partial charge < -0.3 is 14.7 Å². The van der Waals surface area contributed by atoms with Crippen molar-refractivity contribution in [2.75, 3.05) is 19.7 Å². The number of nitrogens with zero attached hydrogens (tertiary/aromatic N) is 1. The molecule has 0 spiro atoms. The first-order valence-corrected chi connectivity index (χ1v) is 7.70. The molecule has 5 heteroatoms. The van der Waals surface area contributed by atoms with E-state index < -0.39 is 0 Å². The van der Waals surface area contributed by atoms with E-state index in [0.717, 1.165) is 23.9 Å². The molecule has 4 nitrogen and oxygen atoms in total. The van der Waals surface area contributed by atoms with E-state index in [1.807, 2.05) is 24.3 Å². The Balaban J connectivity index is 1.87. The van der Waals surface area contributed by atoms with Crippen molar-refractivity contribution in [2.24, 2.45) is 5.92 Å². The minimum Gasteiger partial charge on any atom is -0.483 e. The summed E-state index contributed by atoms with van der Waals surface area (Å²) < 4.78 is 6.39. The van der Waals surface area contributed by atoms with Gasteiger partial charge in [0, 0.05) is 19.0 Å². The van der Waals surface area contributed by atoms with E-state index in [0.29, 0.717) is 12.3 Å². The molecule has 1 N–H and O–H groups in total. The number of carbonyl (C=O) groups is 1. The Morgan fingerprint density at radius 1 is 1.55 bits per heavy atom. The Morgan fingerprint density at radius 3 is 3.00 bits per heavy atom. The molecule has 1 aromatic carbocycles. The zero-order valence-electron chi connectivity index (χ0n) is 11.6. The summed E-state index contributed by atoms with van der Waals surface area (Å²) in [6.07, 6.45) is 1.55. The summed E-state index contributed by atoms with van der Waals surface area (Å²) in [5.41, 5.74) is 0. The SMILES string of the molecule is C[C@H](O)[C@@H]1CCCN(C(=O)COc2ccccc2Br)C1. The Morgan fingerprint density at radius 2 is 2.30 bits per heavy atom. The van der Waals surface area contributed by atoms with E-state index in [1.165, 1.54) is 0 Å². The quantitative estimate of drug-likeness (QED) is 0.914. The topological polar surface area (TPSA) is 49.8 Å². The van der Waals surface area contributed by atoms with Crippen molar-refractivity contribution < 1.29 is 14.6 Å². The number of carbonyl (C=O) groups excluding carboxylic acids is 1. The van der Waals surface area contributed by atoms with Crippen LogP contribution in [-0.4, -0.2) is 41.7 Å². The van der Waals surface area contributed by atoms with Gasteiger partial charge in [-0.2, -0.15) is 0 Å². The van der Waals surface area contributed by atoms with E-state index in [-0.39, 0.29) is 24.5 Å². The molecule has 1 aromatic rings. The van der Waals surface area contributed by atoms with Gasteiger partial charge in [-0.1, -0.05) is 12.1 Å². The predicted molar refractivity (Wildman–Crippen MR) is 80.6 cm³/mol. The summed E-state index contributed by atoms with van der Waals surface area (Å²) in [6.45, 7) is 3.20. The van der Waals surface area contributed by atoms with E-state index >= 15 is 0 Å². The standard InChI is InChI=1S/C15H20BrNO3/c1-11(18)12-5-4-8-17(9-12)15(19)10-20-14-7-3-2-6-13(14)16/h2-3,6-7,11-12,18H,4-5,8-10H2,1H3/t11-,12+/m0/s1. The van der Waals surface area contributed by atoms with Gasteiger partial charge in [0.25, 0.3) is 5.91 Å². The van der Waals surface area contributed by atoms with E-state index in [4.69, 9.17) is 4.74 Å². The van der Waals surface area contributed by atoms with Gasteiger partial charge >= 0.3 is 0 Å². The van der Waals surface area contributed by atoms with Crippen LogP contribution in [0.25, 0.3) is 0 Å². The molecule has 0 saturated carbocycles. The summed E-state index contributed by atoms with van der Waals surface area (Å²) in [4.78, 5) is 13.9. The smallest absolute Gasteiger partial charge is 0.260 e. The van der Waals surface area contributed by atoms with E-state index in [1.54, 1.807) is 11.8 Å². The first-order chi connectivity index (χ1) is 9.58. The number of ether oxygens (including phenoxy) is 1. The molecule has 110 valence electrons. The number of piperidine rings is 1. The normalized spacial score (nSPS) is 20.6. The second-order valence-corrected chi connectivity index (χ2v) is 6.06. The number of amides is 1. The van der Waals surface area contributed by atoms with Gasteiger partial charge in [0.05, 0.1) is 10.6 Å². The number of halogens is 1. The molecular formula is C15H20BrNO3. The Labute approximate surface area is 127 Å². The van der Waals surface area contributed by atoms with Crippen molar-refractivity contribution in [3.05, 3.63) is 28.7 Å². The van der Waals surface area contributed by atoms with Gasteiger partial charge in [0.1, 0.15) is 5.75 Å². The van der Waals surface area contributed by atoms with Crippen LogP contribution in [0.2, 0.25) is 0 Å². The summed E-state index contributed by atoms with van der Waals surface area (Å²) in [6, 6.07) is 7.47. The molecule has 0 unspecified atom stereocenters. The van der Waals surface area contributed by atoms with E-state index in [9.17, 15) is 9.90 Å². The third-order valence-corrected chi connectivity index (χ3v) is 4.34. The Bertz CT molecular complexity index is 464. The third-order valence-electron chi connectivity index (χ3n) is 3.68. The first-order valence-electron chi connectivity index (χ1n) is 6.91. The highest BCUT2D eigenvalue weighted by Crippen LogP contribution is 2.24. The maximum atomic E-state index is 12.2. The molecule has 0 aromatic heterocycles. The second-order valence-electron chi connectivity index (χ2n) is 5.20. The molecule has 0 aliphatic carbocycles. The number of benzene rings is 1. The molecule has 1 fully saturated rings. The van der Waals surface area contributed by atoms with Gasteiger partial charge in [-0.05, 0) is 47.8 Å². The molecule has 0 bridgehead atoms. The number of hydrogen-bond donors (Lipinski definition) is 1. The highest BCUT2D eigenvalue weighted by molar-refractivity contribution is 9.10. The molecule has 1 aliphatic heterocycles. The van der Waals surface area contributed by atoms with E-state index in [2.05, 4.69) is 15.9 Å². The van der Waals surface area contributed by atoms with Crippen LogP contribution in [0.1, 0.15) is 19.8 Å². The number of aliphatic hydroxyl groups excluding tert-OH is 1. The molecule has 2 rings (SSSR count). The predicted octanol–water partition coefficient (Wildman–Crippen LogP) is 2.45. The van der Waals surface area contributed by atoms with Crippen LogP contribution in [0.5, 0.6) is 5.75 Å². The molecular weight excluding hydrogens is 322 g/mol. The number of rotatable bonds is 4. The van der Waals surface area contributed by atoms with Crippen molar-refractivity contribution in [3.63, 3.8) is 0 Å². The van der Waals surface area contributed by atoms with Gasteiger partial charge in [-0.15, -0.1) is 0 Å². The zero-order chi connectivity index (χ0) is 14.5. The van der Waals surface area contributed by atoms with Crippen molar-refractivity contribution in [1.29, 1.82) is 0 Å². The fraction of sp³-hybridized carbons (Fsp3) is 0.533. The number of para-hydroxylation sites is 1. The molecule has 2 atom stereocenters. The van der Waals surface area contributed by atoms with Crippen molar-refractivity contribution in [1.82, 2.24) is 4.90 Å². The lowest BCUT2D eigenvalue weighted by atomic mass is 9.93. The van der Waals surface area contributed by atoms with Crippen molar-refractivity contribution in [3.8, 4) is 5.75 Å². The zero-order valence-corrected chi connectivity index (χ0v) is 13.2. The number of hydrogen-bond acceptors (Lipinski definition) is 3. The van der Waals surface area contributed by atoms with Crippen LogP contribution in [0.4, 0.5) is 0 Å². The average molecular weight is 342 g/mol. The summed E-state index contributed by atoms with van der Waals surface area (Å²) in [5, 5.41) is 9.65. The second kappa shape index (κ2) is 7.09. The highest BCUT2D eigenvalue weighted by atomic mass is 79.9. The molecule has 1 aliphatic rings. The third kappa shape index (κ3) is 3.96. The van der Waals surface area contributed by atoms with Gasteiger partial charge in [-0.3, -0.25) is 4.79 Å².